The zero-order valence-electron chi connectivity index (χ0n) is 10.5. The molecule has 0 saturated carbocycles. The molecule has 0 radical (unpaired) electrons. The molecule has 2 aromatic heterocycles. The van der Waals surface area contributed by atoms with Crippen molar-refractivity contribution in [2.45, 2.75) is 13.3 Å². The fraction of sp³-hybridized carbons (Fsp3) is 0.143. The van der Waals surface area contributed by atoms with Crippen LogP contribution in [0.4, 0.5) is 8.78 Å². The van der Waals surface area contributed by atoms with Crippen molar-refractivity contribution in [3.8, 4) is 11.3 Å². The zero-order chi connectivity index (χ0) is 14.3. The SMILES string of the molecule is Cc1cc2nc(-c3ccc(Br)cc3)cc(C(F)F)n2n1. The van der Waals surface area contributed by atoms with Crippen LogP contribution in [0.2, 0.25) is 0 Å². The van der Waals surface area contributed by atoms with Crippen molar-refractivity contribution in [3.63, 3.8) is 0 Å². The Bertz CT molecular complexity index is 766. The van der Waals surface area contributed by atoms with Gasteiger partial charge in [-0.2, -0.15) is 5.10 Å². The summed E-state index contributed by atoms with van der Waals surface area (Å²) in [4.78, 5) is 4.39. The molecule has 0 bridgehead atoms. The third-order valence-electron chi connectivity index (χ3n) is 2.94. The van der Waals surface area contributed by atoms with Crippen LogP contribution in [0.5, 0.6) is 0 Å². The third kappa shape index (κ3) is 2.31. The zero-order valence-corrected chi connectivity index (χ0v) is 12.1. The number of aryl methyl sites for hydroxylation is 1. The normalized spacial score (nSPS) is 11.4. The highest BCUT2D eigenvalue weighted by atomic mass is 79.9. The molecule has 0 spiro atoms. The highest BCUT2D eigenvalue weighted by Gasteiger charge is 2.16. The average molecular weight is 338 g/mol. The highest BCUT2D eigenvalue weighted by molar-refractivity contribution is 9.10. The second-order valence-corrected chi connectivity index (χ2v) is 5.35. The van der Waals surface area contributed by atoms with Crippen LogP contribution in [0.1, 0.15) is 17.8 Å². The molecular weight excluding hydrogens is 328 g/mol. The summed E-state index contributed by atoms with van der Waals surface area (Å²) in [5, 5.41) is 4.05. The Hall–Kier alpha value is -1.82. The van der Waals surface area contributed by atoms with Crippen molar-refractivity contribution >= 4 is 21.6 Å². The van der Waals surface area contributed by atoms with Gasteiger partial charge in [0.2, 0.25) is 0 Å². The first-order valence-electron chi connectivity index (χ1n) is 5.96. The molecule has 0 aliphatic rings. The van der Waals surface area contributed by atoms with Gasteiger partial charge in [-0.1, -0.05) is 28.1 Å². The predicted molar refractivity (Wildman–Crippen MR) is 75.8 cm³/mol. The number of aromatic nitrogens is 3. The molecule has 0 amide bonds. The summed E-state index contributed by atoms with van der Waals surface area (Å²) in [5.41, 5.74) is 2.24. The Morgan fingerprint density at radius 2 is 1.85 bits per heavy atom. The maximum Gasteiger partial charge on any atom is 0.280 e. The van der Waals surface area contributed by atoms with E-state index >= 15 is 0 Å². The first kappa shape index (κ1) is 13.2. The van der Waals surface area contributed by atoms with Crippen molar-refractivity contribution in [2.75, 3.05) is 0 Å². The highest BCUT2D eigenvalue weighted by Crippen LogP contribution is 2.26. The second-order valence-electron chi connectivity index (χ2n) is 4.43. The van der Waals surface area contributed by atoms with Crippen molar-refractivity contribution in [2.24, 2.45) is 0 Å². The van der Waals surface area contributed by atoms with Gasteiger partial charge in [0, 0.05) is 16.1 Å². The van der Waals surface area contributed by atoms with E-state index in [1.54, 1.807) is 13.0 Å². The Morgan fingerprint density at radius 3 is 2.50 bits per heavy atom. The average Bonchev–Trinajstić information content (AvgIpc) is 2.78. The summed E-state index contributed by atoms with van der Waals surface area (Å²) in [6, 6.07) is 10.4. The van der Waals surface area contributed by atoms with Crippen LogP contribution in [-0.2, 0) is 0 Å². The summed E-state index contributed by atoms with van der Waals surface area (Å²) in [6.45, 7) is 1.75. The fourth-order valence-electron chi connectivity index (χ4n) is 2.04. The quantitative estimate of drug-likeness (QED) is 0.693. The standard InChI is InChI=1S/C14H10BrF2N3/c1-8-6-13-18-11(9-2-4-10(15)5-3-9)7-12(14(16)17)20(13)19-8/h2-7,14H,1H3. The number of hydrogen-bond donors (Lipinski definition) is 0. The molecular formula is C14H10BrF2N3. The van der Waals surface area contributed by atoms with Gasteiger partial charge in [-0.05, 0) is 25.1 Å². The van der Waals surface area contributed by atoms with E-state index in [0.29, 0.717) is 17.0 Å². The Morgan fingerprint density at radius 1 is 1.15 bits per heavy atom. The third-order valence-corrected chi connectivity index (χ3v) is 3.47. The van der Waals surface area contributed by atoms with E-state index in [0.717, 1.165) is 10.0 Å². The number of nitrogens with zero attached hydrogens (tertiary/aromatic N) is 3. The van der Waals surface area contributed by atoms with E-state index in [1.165, 1.54) is 10.6 Å². The van der Waals surface area contributed by atoms with Crippen LogP contribution in [0.25, 0.3) is 16.9 Å². The molecule has 2 heterocycles. The molecule has 3 rings (SSSR count). The van der Waals surface area contributed by atoms with Crippen LogP contribution in [0, 0.1) is 6.92 Å². The molecule has 20 heavy (non-hydrogen) atoms. The maximum atomic E-state index is 13.2. The lowest BCUT2D eigenvalue weighted by atomic mass is 10.1. The first-order valence-corrected chi connectivity index (χ1v) is 6.75. The minimum atomic E-state index is -2.60. The molecule has 102 valence electrons. The lowest BCUT2D eigenvalue weighted by molar-refractivity contribution is 0.143. The summed E-state index contributed by atoms with van der Waals surface area (Å²) >= 11 is 3.34. The van der Waals surface area contributed by atoms with Gasteiger partial charge in [0.1, 0.15) is 5.69 Å². The van der Waals surface area contributed by atoms with E-state index < -0.39 is 6.43 Å². The molecule has 3 nitrogen and oxygen atoms in total. The molecule has 0 saturated heterocycles. The monoisotopic (exact) mass is 337 g/mol. The van der Waals surface area contributed by atoms with Crippen molar-refractivity contribution in [3.05, 3.63) is 52.3 Å². The molecule has 0 atom stereocenters. The van der Waals surface area contributed by atoms with Gasteiger partial charge in [-0.15, -0.1) is 0 Å². The van der Waals surface area contributed by atoms with Gasteiger partial charge in [-0.25, -0.2) is 18.3 Å². The van der Waals surface area contributed by atoms with E-state index in [-0.39, 0.29) is 5.69 Å². The largest absolute Gasteiger partial charge is 0.280 e. The van der Waals surface area contributed by atoms with Crippen molar-refractivity contribution in [1.29, 1.82) is 0 Å². The topological polar surface area (TPSA) is 30.2 Å². The Labute approximate surface area is 122 Å². The smallest absolute Gasteiger partial charge is 0.229 e. The van der Waals surface area contributed by atoms with E-state index in [1.807, 2.05) is 24.3 Å². The molecule has 6 heteroatoms. The van der Waals surface area contributed by atoms with Gasteiger partial charge >= 0.3 is 0 Å². The molecule has 0 N–H and O–H groups in total. The fourth-order valence-corrected chi connectivity index (χ4v) is 2.30. The predicted octanol–water partition coefficient (Wildman–Crippen LogP) is 4.40. The number of hydrogen-bond acceptors (Lipinski definition) is 2. The molecule has 1 aromatic carbocycles. The summed E-state index contributed by atoms with van der Waals surface area (Å²) in [7, 11) is 0. The molecule has 0 aliphatic carbocycles. The molecule has 0 fully saturated rings. The summed E-state index contributed by atoms with van der Waals surface area (Å²) < 4.78 is 28.5. The lowest BCUT2D eigenvalue weighted by Crippen LogP contribution is -2.02. The van der Waals surface area contributed by atoms with Crippen molar-refractivity contribution in [1.82, 2.24) is 14.6 Å². The second kappa shape index (κ2) is 4.94. The van der Waals surface area contributed by atoms with E-state index in [2.05, 4.69) is 26.0 Å². The number of fused-ring (bicyclic) bond motifs is 1. The number of alkyl halides is 2. The number of benzene rings is 1. The van der Waals surface area contributed by atoms with Crippen LogP contribution in [-0.4, -0.2) is 14.6 Å². The van der Waals surface area contributed by atoms with Crippen LogP contribution >= 0.6 is 15.9 Å². The number of rotatable bonds is 2. The van der Waals surface area contributed by atoms with Crippen LogP contribution < -0.4 is 0 Å². The van der Waals surface area contributed by atoms with Gasteiger partial charge in [0.05, 0.1) is 11.4 Å². The minimum absolute atomic E-state index is 0.152. The van der Waals surface area contributed by atoms with Gasteiger partial charge in [-0.3, -0.25) is 0 Å². The van der Waals surface area contributed by atoms with Crippen LogP contribution in [0.15, 0.2) is 40.9 Å². The lowest BCUT2D eigenvalue weighted by Gasteiger charge is -2.07. The summed E-state index contributed by atoms with van der Waals surface area (Å²) in [6.07, 6.45) is -2.60. The molecule has 3 aromatic rings. The maximum absolute atomic E-state index is 13.2. The van der Waals surface area contributed by atoms with Crippen molar-refractivity contribution < 1.29 is 8.78 Å². The van der Waals surface area contributed by atoms with Gasteiger partial charge in [0.25, 0.3) is 6.43 Å². The van der Waals surface area contributed by atoms with E-state index in [9.17, 15) is 8.78 Å². The Kier molecular flexibility index (Phi) is 3.25. The van der Waals surface area contributed by atoms with Crippen LogP contribution in [0.3, 0.4) is 0 Å². The first-order chi connectivity index (χ1) is 9.54. The number of halogens is 3. The van der Waals surface area contributed by atoms with Gasteiger partial charge in [0.15, 0.2) is 5.65 Å². The van der Waals surface area contributed by atoms with E-state index in [4.69, 9.17) is 0 Å². The molecule has 0 aliphatic heterocycles. The Balaban J connectivity index is 2.23. The van der Waals surface area contributed by atoms with Gasteiger partial charge < -0.3 is 0 Å². The summed E-state index contributed by atoms with van der Waals surface area (Å²) in [5.74, 6) is 0. The molecule has 0 unspecified atom stereocenters. The minimum Gasteiger partial charge on any atom is -0.229 e.